The number of ether oxygens (including phenoxy) is 2. The van der Waals surface area contributed by atoms with Crippen molar-refractivity contribution in [3.63, 3.8) is 0 Å². The van der Waals surface area contributed by atoms with Crippen LogP contribution in [0.4, 0.5) is 5.69 Å². The number of para-hydroxylation sites is 1. The third-order valence-corrected chi connectivity index (χ3v) is 3.52. The van der Waals surface area contributed by atoms with Crippen molar-refractivity contribution in [1.29, 1.82) is 0 Å². The molecule has 0 fully saturated rings. The molecule has 24 heavy (non-hydrogen) atoms. The van der Waals surface area contributed by atoms with Gasteiger partial charge in [-0.1, -0.05) is 29.8 Å². The van der Waals surface area contributed by atoms with E-state index in [9.17, 15) is 9.59 Å². The third kappa shape index (κ3) is 4.36. The number of hydrogen-bond donors (Lipinski definition) is 1. The van der Waals surface area contributed by atoms with Gasteiger partial charge in [0.15, 0.2) is 0 Å². The largest absolute Gasteiger partial charge is 0.496 e. The van der Waals surface area contributed by atoms with Gasteiger partial charge in [-0.2, -0.15) is 0 Å². The molecule has 0 saturated carbocycles. The highest BCUT2D eigenvalue weighted by molar-refractivity contribution is 6.33. The second kappa shape index (κ2) is 8.17. The highest BCUT2D eigenvalue weighted by atomic mass is 35.5. The summed E-state index contributed by atoms with van der Waals surface area (Å²) in [6.07, 6.45) is 3.02. The molecule has 0 spiro atoms. The molecule has 0 aliphatic carbocycles. The molecule has 0 radical (unpaired) electrons. The van der Waals surface area contributed by atoms with Gasteiger partial charge < -0.3 is 14.8 Å². The summed E-state index contributed by atoms with van der Waals surface area (Å²) >= 11 is 5.94. The minimum Gasteiger partial charge on any atom is -0.496 e. The number of hydrogen-bond acceptors (Lipinski definition) is 4. The van der Waals surface area contributed by atoms with Gasteiger partial charge in [0.2, 0.25) is 5.91 Å². The minimum absolute atomic E-state index is 0.186. The Labute approximate surface area is 144 Å². The first-order valence-electron chi connectivity index (χ1n) is 7.05. The van der Waals surface area contributed by atoms with Crippen LogP contribution in [-0.2, 0) is 9.53 Å². The average Bonchev–Trinajstić information content (AvgIpc) is 2.61. The molecule has 6 heteroatoms. The van der Waals surface area contributed by atoms with Gasteiger partial charge in [0.25, 0.3) is 0 Å². The van der Waals surface area contributed by atoms with Gasteiger partial charge in [-0.15, -0.1) is 0 Å². The number of esters is 1. The Kier molecular flexibility index (Phi) is 5.98. The zero-order valence-corrected chi connectivity index (χ0v) is 14.0. The van der Waals surface area contributed by atoms with Gasteiger partial charge in [-0.05, 0) is 30.3 Å². The summed E-state index contributed by atoms with van der Waals surface area (Å²) in [5.41, 5.74) is 1.40. The standard InChI is InChI=1S/C18H16ClNO4/c1-23-16-6-4-3-5-12(16)7-10-17(21)20-13-8-9-15(19)14(11-13)18(22)24-2/h3-11H,1-2H3,(H,20,21)/b10-7+. The normalized spacial score (nSPS) is 10.5. The van der Waals surface area contributed by atoms with E-state index in [4.69, 9.17) is 16.3 Å². The molecule has 0 aliphatic heterocycles. The number of carbonyl (C=O) groups is 2. The number of rotatable bonds is 5. The SMILES string of the molecule is COC(=O)c1cc(NC(=O)/C=C/c2ccccc2OC)ccc1Cl. The zero-order chi connectivity index (χ0) is 17.5. The van der Waals surface area contributed by atoms with Gasteiger partial charge in [-0.3, -0.25) is 4.79 Å². The van der Waals surface area contributed by atoms with Gasteiger partial charge in [0.1, 0.15) is 5.75 Å². The smallest absolute Gasteiger partial charge is 0.339 e. The van der Waals surface area contributed by atoms with Crippen molar-refractivity contribution in [2.24, 2.45) is 0 Å². The van der Waals surface area contributed by atoms with Crippen molar-refractivity contribution in [1.82, 2.24) is 0 Å². The molecule has 2 rings (SSSR count). The Morgan fingerprint density at radius 3 is 2.58 bits per heavy atom. The number of benzene rings is 2. The lowest BCUT2D eigenvalue weighted by molar-refractivity contribution is -0.111. The number of nitrogens with one attached hydrogen (secondary N) is 1. The molecular formula is C18H16ClNO4. The lowest BCUT2D eigenvalue weighted by Gasteiger charge is -2.07. The van der Waals surface area contributed by atoms with Gasteiger partial charge in [-0.25, -0.2) is 4.79 Å². The summed E-state index contributed by atoms with van der Waals surface area (Å²) in [6.45, 7) is 0. The van der Waals surface area contributed by atoms with E-state index in [0.29, 0.717) is 11.4 Å². The van der Waals surface area contributed by atoms with Crippen LogP contribution in [0.1, 0.15) is 15.9 Å². The van der Waals surface area contributed by atoms with E-state index in [0.717, 1.165) is 5.56 Å². The first-order chi connectivity index (χ1) is 11.5. The highest BCUT2D eigenvalue weighted by Crippen LogP contribution is 2.22. The van der Waals surface area contributed by atoms with Crippen LogP contribution < -0.4 is 10.1 Å². The number of halogens is 1. The number of amides is 1. The molecule has 0 saturated heterocycles. The summed E-state index contributed by atoms with van der Waals surface area (Å²) in [5.74, 6) is -0.249. The van der Waals surface area contributed by atoms with E-state index >= 15 is 0 Å². The maximum absolute atomic E-state index is 12.0. The van der Waals surface area contributed by atoms with Gasteiger partial charge >= 0.3 is 5.97 Å². The number of methoxy groups -OCH3 is 2. The monoisotopic (exact) mass is 345 g/mol. The molecular weight excluding hydrogens is 330 g/mol. The lowest BCUT2D eigenvalue weighted by atomic mass is 10.2. The Hall–Kier alpha value is -2.79. The molecule has 0 heterocycles. The number of carbonyl (C=O) groups excluding carboxylic acids is 2. The second-order valence-corrected chi connectivity index (χ2v) is 5.16. The van der Waals surface area contributed by atoms with E-state index in [1.54, 1.807) is 25.3 Å². The van der Waals surface area contributed by atoms with E-state index in [1.165, 1.54) is 25.3 Å². The van der Waals surface area contributed by atoms with E-state index < -0.39 is 5.97 Å². The van der Waals surface area contributed by atoms with Crippen LogP contribution >= 0.6 is 11.6 Å². The fourth-order valence-electron chi connectivity index (χ4n) is 2.02. The van der Waals surface area contributed by atoms with Crippen molar-refractivity contribution in [2.75, 3.05) is 19.5 Å². The highest BCUT2D eigenvalue weighted by Gasteiger charge is 2.12. The van der Waals surface area contributed by atoms with Crippen molar-refractivity contribution in [3.05, 3.63) is 64.7 Å². The Morgan fingerprint density at radius 1 is 1.12 bits per heavy atom. The molecule has 2 aromatic rings. The molecule has 124 valence electrons. The quantitative estimate of drug-likeness (QED) is 0.661. The van der Waals surface area contributed by atoms with Crippen LogP contribution in [0.3, 0.4) is 0 Å². The van der Waals surface area contributed by atoms with Crippen LogP contribution in [-0.4, -0.2) is 26.1 Å². The zero-order valence-electron chi connectivity index (χ0n) is 13.2. The molecule has 1 amide bonds. The van der Waals surface area contributed by atoms with E-state index in [2.05, 4.69) is 10.1 Å². The van der Waals surface area contributed by atoms with Crippen molar-refractivity contribution >= 4 is 35.2 Å². The Balaban J connectivity index is 2.12. The lowest BCUT2D eigenvalue weighted by Crippen LogP contribution is -2.09. The molecule has 0 bridgehead atoms. The fourth-order valence-corrected chi connectivity index (χ4v) is 2.22. The average molecular weight is 346 g/mol. The molecule has 0 atom stereocenters. The van der Waals surface area contributed by atoms with Crippen LogP contribution in [0.15, 0.2) is 48.5 Å². The van der Waals surface area contributed by atoms with Gasteiger partial charge in [0, 0.05) is 17.3 Å². The molecule has 1 N–H and O–H groups in total. The number of anilines is 1. The maximum Gasteiger partial charge on any atom is 0.339 e. The molecule has 0 unspecified atom stereocenters. The molecule has 5 nitrogen and oxygen atoms in total. The summed E-state index contributed by atoms with van der Waals surface area (Å²) in [6, 6.07) is 11.9. The van der Waals surface area contributed by atoms with Crippen LogP contribution in [0.25, 0.3) is 6.08 Å². The van der Waals surface area contributed by atoms with Crippen molar-refractivity contribution in [2.45, 2.75) is 0 Å². The summed E-state index contributed by atoms with van der Waals surface area (Å²) in [5, 5.41) is 2.92. The van der Waals surface area contributed by atoms with Crippen molar-refractivity contribution in [3.8, 4) is 5.75 Å². The van der Waals surface area contributed by atoms with Crippen LogP contribution in [0.2, 0.25) is 5.02 Å². The maximum atomic E-state index is 12.0. The van der Waals surface area contributed by atoms with Crippen LogP contribution in [0, 0.1) is 0 Å². The first kappa shape index (κ1) is 17.6. The first-order valence-corrected chi connectivity index (χ1v) is 7.43. The summed E-state index contributed by atoms with van der Waals surface area (Å²) in [7, 11) is 2.83. The fraction of sp³-hybridized carbons (Fsp3) is 0.111. The van der Waals surface area contributed by atoms with E-state index in [-0.39, 0.29) is 16.5 Å². The summed E-state index contributed by atoms with van der Waals surface area (Å²) in [4.78, 5) is 23.6. The molecule has 0 aliphatic rings. The van der Waals surface area contributed by atoms with Gasteiger partial charge in [0.05, 0.1) is 24.8 Å². The topological polar surface area (TPSA) is 64.6 Å². The Morgan fingerprint density at radius 2 is 1.88 bits per heavy atom. The summed E-state index contributed by atoms with van der Waals surface area (Å²) < 4.78 is 9.86. The molecule has 0 aromatic heterocycles. The van der Waals surface area contributed by atoms with Crippen molar-refractivity contribution < 1.29 is 19.1 Å². The predicted molar refractivity (Wildman–Crippen MR) is 93.4 cm³/mol. The minimum atomic E-state index is -0.569. The van der Waals surface area contributed by atoms with E-state index in [1.807, 2.05) is 18.2 Å². The predicted octanol–water partition coefficient (Wildman–Crippen LogP) is 3.79. The van der Waals surface area contributed by atoms with Crippen LogP contribution in [0.5, 0.6) is 5.75 Å². The Bertz CT molecular complexity index is 786. The molecule has 2 aromatic carbocycles. The third-order valence-electron chi connectivity index (χ3n) is 3.19. The second-order valence-electron chi connectivity index (χ2n) is 4.75.